The summed E-state index contributed by atoms with van der Waals surface area (Å²) in [6.45, 7) is 0. The molecule has 102 valence electrons. The molecule has 3 rings (SSSR count). The maximum absolute atomic E-state index is 11.0. The summed E-state index contributed by atoms with van der Waals surface area (Å²) in [5.74, 6) is 2.16. The molecule has 0 amide bonds. The van der Waals surface area contributed by atoms with Crippen LogP contribution in [0.15, 0.2) is 6.20 Å². The average molecular weight is 263 g/mol. The SMILES string of the molecule is CNc1ncc([N+](=O)[O-])c(NC2CC3CCC2C3)n1. The Labute approximate surface area is 111 Å². The van der Waals surface area contributed by atoms with Crippen LogP contribution in [-0.2, 0) is 0 Å². The first-order valence-electron chi connectivity index (χ1n) is 6.63. The second-order valence-electron chi connectivity index (χ2n) is 5.36. The van der Waals surface area contributed by atoms with Gasteiger partial charge in [-0.25, -0.2) is 4.98 Å². The van der Waals surface area contributed by atoms with Crippen LogP contribution in [0.4, 0.5) is 17.5 Å². The third-order valence-corrected chi connectivity index (χ3v) is 4.25. The monoisotopic (exact) mass is 263 g/mol. The molecule has 2 saturated carbocycles. The van der Waals surface area contributed by atoms with E-state index in [1.807, 2.05) is 0 Å². The number of hydrogen-bond donors (Lipinski definition) is 2. The highest BCUT2D eigenvalue weighted by Crippen LogP contribution is 2.45. The van der Waals surface area contributed by atoms with Crippen molar-refractivity contribution in [1.29, 1.82) is 0 Å². The highest BCUT2D eigenvalue weighted by molar-refractivity contribution is 5.57. The van der Waals surface area contributed by atoms with Gasteiger partial charge in [0, 0.05) is 13.1 Å². The molecule has 0 saturated heterocycles. The molecule has 0 aliphatic heterocycles. The Kier molecular flexibility index (Phi) is 2.96. The Bertz CT molecular complexity index is 507. The lowest BCUT2D eigenvalue weighted by molar-refractivity contribution is -0.384. The van der Waals surface area contributed by atoms with Gasteiger partial charge in [-0.3, -0.25) is 10.1 Å². The molecule has 1 aromatic heterocycles. The molecule has 0 aromatic carbocycles. The molecule has 1 aromatic rings. The first-order chi connectivity index (χ1) is 9.17. The highest BCUT2D eigenvalue weighted by Gasteiger charge is 2.40. The smallest absolute Gasteiger partial charge is 0.329 e. The van der Waals surface area contributed by atoms with Crippen LogP contribution in [0.25, 0.3) is 0 Å². The third-order valence-electron chi connectivity index (χ3n) is 4.25. The van der Waals surface area contributed by atoms with Crippen LogP contribution in [-0.4, -0.2) is 28.0 Å². The molecule has 3 atom stereocenters. The molecule has 2 aliphatic rings. The zero-order chi connectivity index (χ0) is 13.4. The zero-order valence-corrected chi connectivity index (χ0v) is 10.8. The van der Waals surface area contributed by atoms with Crippen LogP contribution >= 0.6 is 0 Å². The molecule has 0 spiro atoms. The van der Waals surface area contributed by atoms with Crippen molar-refractivity contribution in [3.05, 3.63) is 16.3 Å². The van der Waals surface area contributed by atoms with E-state index in [0.717, 1.165) is 12.3 Å². The topological polar surface area (TPSA) is 93.0 Å². The molecule has 0 radical (unpaired) electrons. The second kappa shape index (κ2) is 4.64. The molecule has 2 N–H and O–H groups in total. The van der Waals surface area contributed by atoms with Crippen LogP contribution in [0.1, 0.15) is 25.7 Å². The number of fused-ring (bicyclic) bond motifs is 2. The second-order valence-corrected chi connectivity index (χ2v) is 5.36. The number of nitrogens with one attached hydrogen (secondary N) is 2. The zero-order valence-electron chi connectivity index (χ0n) is 10.8. The van der Waals surface area contributed by atoms with Gasteiger partial charge in [0.2, 0.25) is 11.8 Å². The molecule has 7 nitrogen and oxygen atoms in total. The summed E-state index contributed by atoms with van der Waals surface area (Å²) in [6.07, 6.45) is 6.13. The number of rotatable bonds is 4. The molecule has 2 aliphatic carbocycles. The Balaban J connectivity index is 1.84. The van der Waals surface area contributed by atoms with Gasteiger partial charge in [0.05, 0.1) is 4.92 Å². The lowest BCUT2D eigenvalue weighted by atomic mass is 9.95. The van der Waals surface area contributed by atoms with Gasteiger partial charge in [0.1, 0.15) is 6.20 Å². The molecule has 7 heteroatoms. The van der Waals surface area contributed by atoms with Gasteiger partial charge < -0.3 is 10.6 Å². The molecule has 2 fully saturated rings. The van der Waals surface area contributed by atoms with E-state index in [1.54, 1.807) is 7.05 Å². The van der Waals surface area contributed by atoms with E-state index in [0.29, 0.717) is 23.7 Å². The van der Waals surface area contributed by atoms with Crippen molar-refractivity contribution in [2.24, 2.45) is 11.8 Å². The van der Waals surface area contributed by atoms with Crippen LogP contribution in [0.5, 0.6) is 0 Å². The van der Waals surface area contributed by atoms with Gasteiger partial charge >= 0.3 is 5.69 Å². The predicted octanol–water partition coefficient (Wildman–Crippen LogP) is 2.03. The van der Waals surface area contributed by atoms with Crippen molar-refractivity contribution in [3.63, 3.8) is 0 Å². The largest absolute Gasteiger partial charge is 0.361 e. The fraction of sp³-hybridized carbons (Fsp3) is 0.667. The summed E-state index contributed by atoms with van der Waals surface area (Å²) < 4.78 is 0. The summed E-state index contributed by atoms with van der Waals surface area (Å²) in [5, 5.41) is 17.1. The van der Waals surface area contributed by atoms with Gasteiger partial charge in [-0.1, -0.05) is 6.42 Å². The van der Waals surface area contributed by atoms with Crippen LogP contribution in [0.3, 0.4) is 0 Å². The van der Waals surface area contributed by atoms with E-state index >= 15 is 0 Å². The summed E-state index contributed by atoms with van der Waals surface area (Å²) in [6, 6.07) is 0.317. The fourth-order valence-corrected chi connectivity index (χ4v) is 3.33. The van der Waals surface area contributed by atoms with Gasteiger partial charge in [-0.15, -0.1) is 0 Å². The van der Waals surface area contributed by atoms with Crippen molar-refractivity contribution in [2.45, 2.75) is 31.7 Å². The normalized spacial score (nSPS) is 28.4. The maximum atomic E-state index is 11.0. The van der Waals surface area contributed by atoms with Gasteiger partial charge in [0.25, 0.3) is 0 Å². The number of anilines is 2. The molecule has 2 bridgehead atoms. The van der Waals surface area contributed by atoms with Crippen molar-refractivity contribution < 1.29 is 4.92 Å². The molecule has 3 unspecified atom stereocenters. The number of nitro groups is 1. The average Bonchev–Trinajstić information content (AvgIpc) is 3.00. The number of aromatic nitrogens is 2. The highest BCUT2D eigenvalue weighted by atomic mass is 16.6. The molecular weight excluding hydrogens is 246 g/mol. The Hall–Kier alpha value is -1.92. The first kappa shape index (κ1) is 12.1. The van der Waals surface area contributed by atoms with E-state index in [-0.39, 0.29) is 5.69 Å². The van der Waals surface area contributed by atoms with Gasteiger partial charge in [-0.2, -0.15) is 4.98 Å². The van der Waals surface area contributed by atoms with Crippen LogP contribution < -0.4 is 10.6 Å². The molecule has 1 heterocycles. The lowest BCUT2D eigenvalue weighted by Gasteiger charge is -2.23. The van der Waals surface area contributed by atoms with Crippen molar-refractivity contribution in [3.8, 4) is 0 Å². The predicted molar refractivity (Wildman–Crippen MR) is 71.1 cm³/mol. The summed E-state index contributed by atoms with van der Waals surface area (Å²) in [5.41, 5.74) is -0.0539. The maximum Gasteiger partial charge on any atom is 0.329 e. The van der Waals surface area contributed by atoms with Crippen molar-refractivity contribution in [2.75, 3.05) is 17.7 Å². The quantitative estimate of drug-likeness (QED) is 0.637. The first-order valence-corrected chi connectivity index (χ1v) is 6.63. The standard InChI is InChI=1S/C12H17N5O2/c1-13-12-14-6-10(17(18)19)11(16-12)15-9-5-7-2-3-8(9)4-7/h6-9H,2-5H2,1H3,(H2,13,14,15,16). The van der Waals surface area contributed by atoms with E-state index in [1.165, 1.54) is 25.5 Å². The minimum atomic E-state index is -0.436. The third kappa shape index (κ3) is 2.20. The number of hydrogen-bond acceptors (Lipinski definition) is 6. The van der Waals surface area contributed by atoms with E-state index in [2.05, 4.69) is 20.6 Å². The fourth-order valence-electron chi connectivity index (χ4n) is 3.33. The number of nitrogens with zero attached hydrogens (tertiary/aromatic N) is 3. The summed E-state index contributed by atoms with van der Waals surface area (Å²) in [7, 11) is 1.70. The van der Waals surface area contributed by atoms with Crippen molar-refractivity contribution >= 4 is 17.5 Å². The van der Waals surface area contributed by atoms with Gasteiger partial charge in [-0.05, 0) is 31.1 Å². The minimum Gasteiger partial charge on any atom is -0.361 e. The van der Waals surface area contributed by atoms with Crippen LogP contribution in [0, 0.1) is 22.0 Å². The lowest BCUT2D eigenvalue weighted by Crippen LogP contribution is -2.27. The van der Waals surface area contributed by atoms with Crippen LogP contribution in [0.2, 0.25) is 0 Å². The van der Waals surface area contributed by atoms with E-state index in [4.69, 9.17) is 0 Å². The van der Waals surface area contributed by atoms with E-state index in [9.17, 15) is 10.1 Å². The Morgan fingerprint density at radius 3 is 2.84 bits per heavy atom. The van der Waals surface area contributed by atoms with Gasteiger partial charge in [0.15, 0.2) is 0 Å². The molecule has 19 heavy (non-hydrogen) atoms. The van der Waals surface area contributed by atoms with E-state index < -0.39 is 4.92 Å². The summed E-state index contributed by atoms with van der Waals surface area (Å²) in [4.78, 5) is 18.7. The Morgan fingerprint density at radius 1 is 1.42 bits per heavy atom. The Morgan fingerprint density at radius 2 is 2.26 bits per heavy atom. The summed E-state index contributed by atoms with van der Waals surface area (Å²) >= 11 is 0. The minimum absolute atomic E-state index is 0.0539. The van der Waals surface area contributed by atoms with Crippen molar-refractivity contribution in [1.82, 2.24) is 9.97 Å². The molecular formula is C12H17N5O2.